The predicted octanol–water partition coefficient (Wildman–Crippen LogP) is -0.683. The van der Waals surface area contributed by atoms with Gasteiger partial charge in [-0.05, 0) is 39.9 Å². The fourth-order valence-corrected chi connectivity index (χ4v) is 3.52. The molecule has 2 aliphatic rings. The summed E-state index contributed by atoms with van der Waals surface area (Å²) >= 11 is 0. The summed E-state index contributed by atoms with van der Waals surface area (Å²) in [5.41, 5.74) is 0. The van der Waals surface area contributed by atoms with E-state index in [1.165, 1.54) is 0 Å². The van der Waals surface area contributed by atoms with E-state index in [2.05, 4.69) is 10.2 Å². The van der Waals surface area contributed by atoms with Crippen molar-refractivity contribution in [3.63, 3.8) is 0 Å². The molecule has 0 spiro atoms. The third-order valence-electron chi connectivity index (χ3n) is 4.34. The average molecular weight is 331 g/mol. The summed E-state index contributed by atoms with van der Waals surface area (Å²) < 4.78 is 28.0. The Morgan fingerprint density at radius 2 is 2.09 bits per heavy atom. The van der Waals surface area contributed by atoms with Crippen molar-refractivity contribution in [3.8, 4) is 0 Å². The van der Waals surface area contributed by atoms with Crippen LogP contribution in [0, 0.1) is 0 Å². The van der Waals surface area contributed by atoms with Crippen LogP contribution in [0.3, 0.4) is 0 Å². The van der Waals surface area contributed by atoms with Crippen LogP contribution < -0.4 is 5.32 Å². The van der Waals surface area contributed by atoms with Crippen LogP contribution in [0.1, 0.15) is 25.7 Å². The maximum atomic E-state index is 12.2. The van der Waals surface area contributed by atoms with Gasteiger partial charge in [-0.2, -0.15) is 8.42 Å². The van der Waals surface area contributed by atoms with Crippen molar-refractivity contribution in [1.82, 2.24) is 15.1 Å². The van der Waals surface area contributed by atoms with E-state index in [0.717, 1.165) is 32.2 Å². The van der Waals surface area contributed by atoms with Crippen molar-refractivity contribution >= 4 is 21.3 Å². The van der Waals surface area contributed by atoms with E-state index in [1.54, 1.807) is 4.90 Å². The lowest BCUT2D eigenvalue weighted by Gasteiger charge is -2.24. The van der Waals surface area contributed by atoms with E-state index >= 15 is 0 Å². The first-order valence-corrected chi connectivity index (χ1v) is 8.83. The number of hydrogen-bond donors (Lipinski definition) is 1. The van der Waals surface area contributed by atoms with Gasteiger partial charge < -0.3 is 19.9 Å². The maximum absolute atomic E-state index is 12.2. The molecule has 2 rings (SSSR count). The molecule has 2 heterocycles. The van der Waals surface area contributed by atoms with Gasteiger partial charge in [0.25, 0.3) is 0 Å². The fraction of sp³-hybridized carbons (Fsp3) is 0.857. The molecule has 7 nitrogen and oxygen atoms in total. The normalized spacial score (nSPS) is 25.5. The summed E-state index contributed by atoms with van der Waals surface area (Å²) in [6, 6.07) is 0.0639. The highest BCUT2D eigenvalue weighted by atomic mass is 32.2. The van der Waals surface area contributed by atoms with Gasteiger partial charge in [-0.25, -0.2) is 0 Å². The van der Waals surface area contributed by atoms with Crippen LogP contribution in [0.25, 0.3) is 0 Å². The lowest BCUT2D eigenvalue weighted by atomic mass is 10.1. The zero-order valence-corrected chi connectivity index (χ0v) is 14.1. The van der Waals surface area contributed by atoms with Crippen molar-refractivity contribution in [2.75, 3.05) is 40.3 Å². The number of carbonyl (C=O) groups is 1. The molecule has 0 bridgehead atoms. The Bertz CT molecular complexity index is 518. The molecule has 2 atom stereocenters. The molecule has 0 aromatic heterocycles. The topological polar surface area (TPSA) is 79.0 Å². The van der Waals surface area contributed by atoms with E-state index in [0.29, 0.717) is 19.1 Å². The van der Waals surface area contributed by atoms with Gasteiger partial charge in [0.15, 0.2) is 5.05 Å². The van der Waals surface area contributed by atoms with Gasteiger partial charge in [-0.3, -0.25) is 4.79 Å². The minimum Gasteiger partial charge on any atom is -0.339 e. The molecule has 0 radical (unpaired) electrons. The van der Waals surface area contributed by atoms with Gasteiger partial charge in [0.05, 0.1) is 6.04 Å². The molecule has 0 aromatic carbocycles. The highest BCUT2D eigenvalue weighted by Crippen LogP contribution is 2.14. The van der Waals surface area contributed by atoms with E-state index < -0.39 is 10.3 Å². The zero-order valence-electron chi connectivity index (χ0n) is 13.2. The van der Waals surface area contributed by atoms with Gasteiger partial charge in [0.2, 0.25) is 16.2 Å². The molecule has 8 heteroatoms. The van der Waals surface area contributed by atoms with Crippen LogP contribution >= 0.6 is 0 Å². The molecule has 126 valence electrons. The lowest BCUT2D eigenvalue weighted by Crippen LogP contribution is -2.43. The summed E-state index contributed by atoms with van der Waals surface area (Å²) in [5.74, 6) is -0.150. The van der Waals surface area contributed by atoms with Crippen molar-refractivity contribution in [2.24, 2.45) is 0 Å². The first-order valence-electron chi connectivity index (χ1n) is 7.75. The number of carbonyl (C=O) groups excluding carboxylic acids is 1. The molecule has 2 aliphatic heterocycles. The minimum atomic E-state index is -2.43. The van der Waals surface area contributed by atoms with Crippen molar-refractivity contribution in [1.29, 1.82) is 0 Å². The molecule has 2 saturated heterocycles. The van der Waals surface area contributed by atoms with Gasteiger partial charge in [0.1, 0.15) is 6.61 Å². The van der Waals surface area contributed by atoms with E-state index in [1.807, 2.05) is 14.1 Å². The molecule has 1 amide bonds. The van der Waals surface area contributed by atoms with Crippen LogP contribution in [-0.2, 0) is 19.8 Å². The van der Waals surface area contributed by atoms with Crippen molar-refractivity contribution in [2.45, 2.75) is 37.8 Å². The molecule has 0 saturated carbocycles. The van der Waals surface area contributed by atoms with Gasteiger partial charge in [0, 0.05) is 19.1 Å². The highest BCUT2D eigenvalue weighted by Gasteiger charge is 2.28. The number of likely N-dealkylation sites (N-methyl/N-ethyl adjacent to an activating group) is 1. The van der Waals surface area contributed by atoms with Gasteiger partial charge >= 0.3 is 0 Å². The number of rotatable bonds is 4. The Hall–Kier alpha value is -0.960. The van der Waals surface area contributed by atoms with Crippen molar-refractivity contribution in [3.05, 3.63) is 0 Å². The van der Waals surface area contributed by atoms with E-state index in [-0.39, 0.29) is 23.6 Å². The number of ether oxygens (including phenoxy) is 1. The second-order valence-electron chi connectivity index (χ2n) is 6.09. The Morgan fingerprint density at radius 1 is 1.32 bits per heavy atom. The largest absolute Gasteiger partial charge is 0.339 e. The first kappa shape index (κ1) is 17.4. The third kappa shape index (κ3) is 4.52. The summed E-state index contributed by atoms with van der Waals surface area (Å²) in [7, 11) is 1.56. The Morgan fingerprint density at radius 3 is 2.64 bits per heavy atom. The first-order chi connectivity index (χ1) is 10.5. The third-order valence-corrected chi connectivity index (χ3v) is 5.07. The molecule has 2 unspecified atom stereocenters. The number of likely N-dealkylation sites (tertiary alicyclic amines) is 1. The quantitative estimate of drug-likeness (QED) is 0.688. The maximum Gasteiger partial charge on any atom is 0.249 e. The van der Waals surface area contributed by atoms with Crippen LogP contribution in [0.15, 0.2) is 0 Å². The van der Waals surface area contributed by atoms with Gasteiger partial charge in [-0.15, -0.1) is 0 Å². The molecule has 22 heavy (non-hydrogen) atoms. The molecule has 0 aliphatic carbocycles. The average Bonchev–Trinajstić information content (AvgIpc) is 2.98. The molecule has 0 aromatic rings. The SMILES string of the molecule is CN(C)C1CCN(C(=O)COC(C2CCCCN2)=S(=O)=O)C1. The molecule has 1 N–H and O–H groups in total. The Labute approximate surface area is 133 Å². The zero-order chi connectivity index (χ0) is 16.1. The smallest absolute Gasteiger partial charge is 0.249 e. The number of amides is 1. The predicted molar refractivity (Wildman–Crippen MR) is 84.2 cm³/mol. The lowest BCUT2D eigenvalue weighted by molar-refractivity contribution is -0.132. The summed E-state index contributed by atoms with van der Waals surface area (Å²) in [5, 5.41) is 3.10. The van der Waals surface area contributed by atoms with Crippen LogP contribution in [0.4, 0.5) is 0 Å². The second-order valence-corrected chi connectivity index (χ2v) is 6.96. The Kier molecular flexibility index (Phi) is 6.37. The molecule has 2 fully saturated rings. The minimum absolute atomic E-state index is 0.0311. The molecular weight excluding hydrogens is 306 g/mol. The van der Waals surface area contributed by atoms with Gasteiger partial charge in [-0.1, -0.05) is 6.42 Å². The fourth-order valence-electron chi connectivity index (χ4n) is 2.93. The summed E-state index contributed by atoms with van der Waals surface area (Å²) in [4.78, 5) is 16.0. The summed E-state index contributed by atoms with van der Waals surface area (Å²) in [6.45, 7) is 1.94. The number of nitrogens with zero attached hydrogens (tertiary/aromatic N) is 2. The second kappa shape index (κ2) is 8.05. The van der Waals surface area contributed by atoms with Crippen LogP contribution in [0.2, 0.25) is 0 Å². The standard InChI is InChI=1S/C14H25N3O4S/c1-16(2)11-6-8-17(9-11)13(18)10-21-14(22(19)20)12-5-3-4-7-15-12/h11-12,15H,3-10H2,1-2H3. The number of piperidine rings is 1. The van der Waals surface area contributed by atoms with Crippen LogP contribution in [-0.4, -0.2) is 81.6 Å². The number of nitrogens with one attached hydrogen (secondary N) is 1. The number of hydrogen-bond acceptors (Lipinski definition) is 6. The monoisotopic (exact) mass is 331 g/mol. The highest BCUT2D eigenvalue weighted by molar-refractivity contribution is 7.72. The van der Waals surface area contributed by atoms with E-state index in [9.17, 15) is 13.2 Å². The van der Waals surface area contributed by atoms with Crippen molar-refractivity contribution < 1.29 is 17.9 Å². The molecular formula is C14H25N3O4S. The Balaban J connectivity index is 1.88. The van der Waals surface area contributed by atoms with E-state index in [4.69, 9.17) is 4.74 Å². The van der Waals surface area contributed by atoms with Crippen LogP contribution in [0.5, 0.6) is 0 Å². The summed E-state index contributed by atoms with van der Waals surface area (Å²) in [6.07, 6.45) is 3.66.